The van der Waals surface area contributed by atoms with Gasteiger partial charge in [0.05, 0.1) is 6.42 Å². The third-order valence-electron chi connectivity index (χ3n) is 15.3. The Hall–Kier alpha value is -3.93. The first-order chi connectivity index (χ1) is 41.0. The van der Waals surface area contributed by atoms with E-state index in [-0.39, 0.29) is 31.6 Å². The highest BCUT2D eigenvalue weighted by atomic mass is 16.6. The van der Waals surface area contributed by atoms with Gasteiger partial charge in [0.25, 0.3) is 0 Å². The van der Waals surface area contributed by atoms with Gasteiger partial charge < -0.3 is 14.2 Å². The quantitative estimate of drug-likeness (QED) is 0.0261. The second-order valence-electron chi connectivity index (χ2n) is 23.4. The first-order valence-corrected chi connectivity index (χ1v) is 35.4. The molecule has 0 N–H and O–H groups in total. The Morgan fingerprint density at radius 2 is 0.506 bits per heavy atom. The lowest BCUT2D eigenvalue weighted by Crippen LogP contribution is -2.30. The highest BCUT2D eigenvalue weighted by Crippen LogP contribution is 2.17. The molecule has 0 bridgehead atoms. The molecule has 476 valence electrons. The Balaban J connectivity index is 4.17. The van der Waals surface area contributed by atoms with Crippen molar-refractivity contribution in [1.29, 1.82) is 0 Å². The van der Waals surface area contributed by atoms with Crippen molar-refractivity contribution in [3.05, 3.63) is 109 Å². The first-order valence-electron chi connectivity index (χ1n) is 35.4. The van der Waals surface area contributed by atoms with Crippen LogP contribution in [-0.4, -0.2) is 37.2 Å². The molecule has 6 heteroatoms. The van der Waals surface area contributed by atoms with Gasteiger partial charge in [-0.05, 0) is 109 Å². The zero-order valence-electron chi connectivity index (χ0n) is 54.7. The maximum Gasteiger partial charge on any atom is 0.310 e. The van der Waals surface area contributed by atoms with Gasteiger partial charge in [0.1, 0.15) is 13.2 Å². The fraction of sp³-hybridized carbons (Fsp3) is 0.727. The summed E-state index contributed by atoms with van der Waals surface area (Å²) in [5.41, 5.74) is 0. The zero-order valence-corrected chi connectivity index (χ0v) is 54.7. The summed E-state index contributed by atoms with van der Waals surface area (Å²) in [6.45, 7) is 6.42. The summed E-state index contributed by atoms with van der Waals surface area (Å²) in [7, 11) is 0. The average Bonchev–Trinajstić information content (AvgIpc) is 3.50. The van der Waals surface area contributed by atoms with Crippen molar-refractivity contribution in [3.63, 3.8) is 0 Å². The number of carbonyl (C=O) groups is 3. The van der Waals surface area contributed by atoms with Crippen LogP contribution in [0, 0.1) is 0 Å². The van der Waals surface area contributed by atoms with E-state index < -0.39 is 12.1 Å². The number of hydrogen-bond donors (Lipinski definition) is 0. The number of unbranched alkanes of at least 4 members (excludes halogenated alkanes) is 36. The molecule has 0 radical (unpaired) electrons. The third-order valence-corrected chi connectivity index (χ3v) is 15.3. The predicted molar refractivity (Wildman–Crippen MR) is 362 cm³/mol. The standard InChI is InChI=1S/C77H132O6/c1-4-7-10-13-16-19-22-25-28-29-30-31-32-33-34-35-36-37-38-39-40-41-42-43-44-45-46-47-50-52-55-58-61-64-67-70-76(79)82-73-74(83-77(80)71-68-65-62-59-56-53-49-27-24-21-18-15-12-9-6-3)72-81-75(78)69-66-63-60-57-54-51-48-26-23-20-17-14-11-8-5-2/h9,12,17-18,20-22,25-27,29-30,48-49,56,59,65,68,74H,4-8,10-11,13-16,19,23-24,28,31-47,50-55,57-58,60-64,66-67,69-73H2,1-3H3/b12-9-,20-17-,21-18-,25-22-,30-29-,48-26-,49-27-,59-56-,68-65-. The van der Waals surface area contributed by atoms with Gasteiger partial charge >= 0.3 is 17.9 Å². The van der Waals surface area contributed by atoms with Gasteiger partial charge in [-0.2, -0.15) is 0 Å². The monoisotopic (exact) mass is 1150 g/mol. The summed E-state index contributed by atoms with van der Waals surface area (Å²) in [5, 5.41) is 0. The number of hydrogen-bond acceptors (Lipinski definition) is 6. The van der Waals surface area contributed by atoms with E-state index in [1.807, 2.05) is 6.08 Å². The smallest absolute Gasteiger partial charge is 0.310 e. The van der Waals surface area contributed by atoms with Crippen molar-refractivity contribution in [1.82, 2.24) is 0 Å². The molecule has 0 aromatic carbocycles. The molecular weight excluding hydrogens is 1020 g/mol. The van der Waals surface area contributed by atoms with E-state index in [9.17, 15) is 14.4 Å². The van der Waals surface area contributed by atoms with Gasteiger partial charge in [-0.3, -0.25) is 14.4 Å². The molecule has 0 aliphatic rings. The zero-order chi connectivity index (χ0) is 59.9. The molecule has 0 aliphatic carbocycles. The fourth-order valence-corrected chi connectivity index (χ4v) is 9.99. The summed E-state index contributed by atoms with van der Waals surface area (Å²) >= 11 is 0. The maximum atomic E-state index is 12.8. The van der Waals surface area contributed by atoms with Crippen LogP contribution in [0.3, 0.4) is 0 Å². The lowest BCUT2D eigenvalue weighted by atomic mass is 10.0. The van der Waals surface area contributed by atoms with E-state index >= 15 is 0 Å². The SMILES string of the molecule is CC/C=C\C/C=C\C/C=C\C/C=C\C/C=C\CC(=O)OC(COC(=O)CCCCCCC/C=C\C/C=C\CCCCC)COC(=O)CCCCCCCCCCCCCCCCCCCCCCCCC/C=C\C/C=C\CCCCCCC. The van der Waals surface area contributed by atoms with Gasteiger partial charge in [0, 0.05) is 12.8 Å². The van der Waals surface area contributed by atoms with Gasteiger partial charge in [-0.25, -0.2) is 0 Å². The van der Waals surface area contributed by atoms with E-state index in [0.717, 1.165) is 103 Å². The summed E-state index contributed by atoms with van der Waals surface area (Å²) < 4.78 is 16.8. The molecule has 1 unspecified atom stereocenters. The minimum absolute atomic E-state index is 0.0932. The summed E-state index contributed by atoms with van der Waals surface area (Å²) in [4.78, 5) is 38.3. The van der Waals surface area contributed by atoms with Crippen LogP contribution in [-0.2, 0) is 28.6 Å². The molecule has 0 saturated heterocycles. The lowest BCUT2D eigenvalue weighted by molar-refractivity contribution is -0.166. The van der Waals surface area contributed by atoms with Crippen LogP contribution in [0.4, 0.5) is 0 Å². The van der Waals surface area contributed by atoms with Crippen LogP contribution in [0.15, 0.2) is 109 Å². The fourth-order valence-electron chi connectivity index (χ4n) is 9.99. The normalized spacial score (nSPS) is 12.8. The number of ether oxygens (including phenoxy) is 3. The van der Waals surface area contributed by atoms with Gasteiger partial charge in [0.15, 0.2) is 6.10 Å². The molecule has 0 saturated carbocycles. The topological polar surface area (TPSA) is 78.9 Å². The Morgan fingerprint density at radius 1 is 0.265 bits per heavy atom. The Kier molecular flexibility index (Phi) is 67.2. The van der Waals surface area contributed by atoms with Crippen molar-refractivity contribution in [2.75, 3.05) is 13.2 Å². The van der Waals surface area contributed by atoms with Crippen LogP contribution in [0.5, 0.6) is 0 Å². The Bertz CT molecular complexity index is 1660. The maximum absolute atomic E-state index is 12.8. The highest BCUT2D eigenvalue weighted by Gasteiger charge is 2.19. The van der Waals surface area contributed by atoms with Gasteiger partial charge in [-0.1, -0.05) is 323 Å². The number of allylic oxidation sites excluding steroid dienone is 17. The molecule has 0 amide bonds. The largest absolute Gasteiger partial charge is 0.462 e. The summed E-state index contributed by atoms with van der Waals surface area (Å²) in [6, 6.07) is 0. The van der Waals surface area contributed by atoms with Crippen molar-refractivity contribution >= 4 is 17.9 Å². The van der Waals surface area contributed by atoms with Crippen LogP contribution in [0.25, 0.3) is 0 Å². The van der Waals surface area contributed by atoms with Crippen molar-refractivity contribution in [3.8, 4) is 0 Å². The van der Waals surface area contributed by atoms with Crippen LogP contribution >= 0.6 is 0 Å². The lowest BCUT2D eigenvalue weighted by Gasteiger charge is -2.18. The second-order valence-corrected chi connectivity index (χ2v) is 23.4. The van der Waals surface area contributed by atoms with Crippen LogP contribution < -0.4 is 0 Å². The molecular formula is C77H132O6. The van der Waals surface area contributed by atoms with E-state index in [0.29, 0.717) is 12.8 Å². The van der Waals surface area contributed by atoms with E-state index in [1.165, 1.54) is 199 Å². The molecule has 0 fully saturated rings. The molecule has 0 aromatic heterocycles. The first kappa shape index (κ1) is 79.1. The van der Waals surface area contributed by atoms with Crippen molar-refractivity contribution in [2.45, 2.75) is 348 Å². The summed E-state index contributed by atoms with van der Waals surface area (Å²) in [6.07, 6.45) is 97.4. The second kappa shape index (κ2) is 70.6. The molecule has 1 atom stereocenters. The Labute approximate surface area is 514 Å². The average molecular weight is 1150 g/mol. The molecule has 0 spiro atoms. The van der Waals surface area contributed by atoms with Crippen LogP contribution in [0.1, 0.15) is 342 Å². The molecule has 6 nitrogen and oxygen atoms in total. The van der Waals surface area contributed by atoms with E-state index in [1.54, 1.807) is 6.08 Å². The molecule has 0 aliphatic heterocycles. The molecule has 0 heterocycles. The minimum Gasteiger partial charge on any atom is -0.462 e. The van der Waals surface area contributed by atoms with Crippen molar-refractivity contribution < 1.29 is 28.6 Å². The highest BCUT2D eigenvalue weighted by molar-refractivity contribution is 5.72. The van der Waals surface area contributed by atoms with Gasteiger partial charge in [-0.15, -0.1) is 0 Å². The molecule has 83 heavy (non-hydrogen) atoms. The summed E-state index contributed by atoms with van der Waals surface area (Å²) in [5.74, 6) is -1.05. The van der Waals surface area contributed by atoms with E-state index in [4.69, 9.17) is 14.2 Å². The van der Waals surface area contributed by atoms with Gasteiger partial charge in [0.2, 0.25) is 0 Å². The Morgan fingerprint density at radius 3 is 0.819 bits per heavy atom. The minimum atomic E-state index is -0.839. The van der Waals surface area contributed by atoms with Crippen LogP contribution in [0.2, 0.25) is 0 Å². The van der Waals surface area contributed by atoms with E-state index in [2.05, 4.69) is 118 Å². The number of rotatable bonds is 64. The third kappa shape index (κ3) is 68.7. The molecule has 0 rings (SSSR count). The number of esters is 3. The predicted octanol–water partition coefficient (Wildman–Crippen LogP) is 24.6. The number of carbonyl (C=O) groups excluding carboxylic acids is 3. The molecule has 0 aromatic rings. The van der Waals surface area contributed by atoms with Crippen molar-refractivity contribution in [2.24, 2.45) is 0 Å².